The molecule has 0 saturated carbocycles. The molecule has 8 heteroatoms. The highest BCUT2D eigenvalue weighted by atomic mass is 19.1. The van der Waals surface area contributed by atoms with E-state index in [9.17, 15) is 18.4 Å². The molecule has 1 saturated heterocycles. The van der Waals surface area contributed by atoms with Gasteiger partial charge in [-0.15, -0.1) is 0 Å². The lowest BCUT2D eigenvalue weighted by Gasteiger charge is -2.29. The summed E-state index contributed by atoms with van der Waals surface area (Å²) in [7, 11) is 0. The van der Waals surface area contributed by atoms with E-state index in [4.69, 9.17) is 0 Å². The average molecular weight is 481 g/mol. The van der Waals surface area contributed by atoms with Gasteiger partial charge in [-0.2, -0.15) is 0 Å². The SMILES string of the molecule is CC(C)c1ccc([C@@H](NC(=O)[C@@H]2C[C@@H](F)CN2C(=O)C(C)n2ccnc2)c2ccccc2)cc1F. The second kappa shape index (κ2) is 10.4. The summed E-state index contributed by atoms with van der Waals surface area (Å²) in [6.07, 6.45) is 3.34. The molecule has 4 rings (SSSR count). The van der Waals surface area contributed by atoms with E-state index >= 15 is 0 Å². The van der Waals surface area contributed by atoms with Gasteiger partial charge in [0.05, 0.1) is 18.9 Å². The van der Waals surface area contributed by atoms with E-state index in [0.717, 1.165) is 5.56 Å². The minimum absolute atomic E-state index is 0.0193. The number of halogens is 2. The van der Waals surface area contributed by atoms with Crippen LogP contribution in [0.3, 0.4) is 0 Å². The zero-order chi connectivity index (χ0) is 25.1. The number of benzene rings is 2. The van der Waals surface area contributed by atoms with Crippen LogP contribution in [0.25, 0.3) is 0 Å². The Balaban J connectivity index is 1.61. The fourth-order valence-electron chi connectivity index (χ4n) is 4.58. The van der Waals surface area contributed by atoms with Crippen molar-refractivity contribution in [2.75, 3.05) is 6.54 Å². The van der Waals surface area contributed by atoms with Crippen LogP contribution in [0.2, 0.25) is 0 Å². The lowest BCUT2D eigenvalue weighted by molar-refractivity contribution is -0.140. The first-order valence-electron chi connectivity index (χ1n) is 11.8. The predicted molar refractivity (Wildman–Crippen MR) is 129 cm³/mol. The molecule has 1 aliphatic rings. The second-order valence-corrected chi connectivity index (χ2v) is 9.31. The third-order valence-electron chi connectivity index (χ3n) is 6.56. The number of likely N-dealkylation sites (tertiary alicyclic amines) is 1. The van der Waals surface area contributed by atoms with Crippen LogP contribution < -0.4 is 5.32 Å². The summed E-state index contributed by atoms with van der Waals surface area (Å²) in [5, 5.41) is 2.96. The number of nitrogens with zero attached hydrogens (tertiary/aromatic N) is 3. The molecule has 1 aromatic heterocycles. The molecular weight excluding hydrogens is 450 g/mol. The van der Waals surface area contributed by atoms with Gasteiger partial charge in [0.25, 0.3) is 0 Å². The van der Waals surface area contributed by atoms with Gasteiger partial charge in [-0.05, 0) is 35.6 Å². The van der Waals surface area contributed by atoms with Crippen LogP contribution in [0.1, 0.15) is 61.9 Å². The standard InChI is InChI=1S/C27H30F2N4O2/c1-17(2)22-10-9-20(13-23(22)29)25(19-7-5-4-6-8-19)31-26(34)24-14-21(28)15-33(24)27(35)18(3)32-12-11-30-16-32/h4-13,16-18,21,24-25H,14-15H2,1-3H3,(H,31,34)/t18?,21-,24+,25+/m1/s1. The van der Waals surface area contributed by atoms with Gasteiger partial charge >= 0.3 is 0 Å². The van der Waals surface area contributed by atoms with Gasteiger partial charge in [0.15, 0.2) is 0 Å². The van der Waals surface area contributed by atoms with Gasteiger partial charge in [0.1, 0.15) is 24.1 Å². The molecule has 1 aliphatic heterocycles. The third-order valence-corrected chi connectivity index (χ3v) is 6.56. The van der Waals surface area contributed by atoms with Crippen LogP contribution in [0.5, 0.6) is 0 Å². The van der Waals surface area contributed by atoms with Crippen molar-refractivity contribution in [2.45, 2.75) is 57.4 Å². The van der Waals surface area contributed by atoms with Crippen molar-refractivity contribution in [3.8, 4) is 0 Å². The molecule has 1 fully saturated rings. The Hall–Kier alpha value is -3.55. The zero-order valence-corrected chi connectivity index (χ0v) is 20.1. The maximum Gasteiger partial charge on any atom is 0.246 e. The van der Waals surface area contributed by atoms with Crippen LogP contribution in [-0.4, -0.2) is 45.0 Å². The molecule has 35 heavy (non-hydrogen) atoms. The maximum absolute atomic E-state index is 14.8. The quantitative estimate of drug-likeness (QED) is 0.540. The smallest absolute Gasteiger partial charge is 0.246 e. The maximum atomic E-state index is 14.8. The fraction of sp³-hybridized carbons (Fsp3) is 0.370. The van der Waals surface area contributed by atoms with Crippen molar-refractivity contribution in [3.05, 3.63) is 89.8 Å². The molecule has 2 amide bonds. The predicted octanol–water partition coefficient (Wildman–Crippen LogP) is 4.55. The lowest BCUT2D eigenvalue weighted by Crippen LogP contribution is -2.48. The summed E-state index contributed by atoms with van der Waals surface area (Å²) in [6.45, 7) is 5.37. The number of hydrogen-bond donors (Lipinski definition) is 1. The first-order valence-corrected chi connectivity index (χ1v) is 11.8. The van der Waals surface area contributed by atoms with E-state index in [2.05, 4.69) is 10.3 Å². The van der Waals surface area contributed by atoms with Crippen molar-refractivity contribution in [1.82, 2.24) is 19.8 Å². The van der Waals surface area contributed by atoms with Gasteiger partial charge in [0, 0.05) is 18.8 Å². The summed E-state index contributed by atoms with van der Waals surface area (Å²) in [5.41, 5.74) is 1.93. The Bertz CT molecular complexity index is 1170. The normalized spacial score (nSPS) is 19.5. The molecule has 2 aromatic carbocycles. The molecule has 0 aliphatic carbocycles. The van der Waals surface area contributed by atoms with Crippen molar-refractivity contribution in [1.29, 1.82) is 0 Å². The van der Waals surface area contributed by atoms with Gasteiger partial charge < -0.3 is 14.8 Å². The molecule has 184 valence electrons. The van der Waals surface area contributed by atoms with E-state index in [1.807, 2.05) is 44.2 Å². The number of carbonyl (C=O) groups excluding carboxylic acids is 2. The zero-order valence-electron chi connectivity index (χ0n) is 20.1. The van der Waals surface area contributed by atoms with E-state index in [1.54, 1.807) is 36.0 Å². The van der Waals surface area contributed by atoms with E-state index in [0.29, 0.717) is 11.1 Å². The van der Waals surface area contributed by atoms with Gasteiger partial charge in [-0.1, -0.05) is 56.3 Å². The topological polar surface area (TPSA) is 67.2 Å². The Morgan fingerprint density at radius 3 is 2.46 bits per heavy atom. The van der Waals surface area contributed by atoms with Gasteiger partial charge in [-0.3, -0.25) is 9.59 Å². The van der Waals surface area contributed by atoms with Crippen LogP contribution in [-0.2, 0) is 9.59 Å². The van der Waals surface area contributed by atoms with Crippen LogP contribution >= 0.6 is 0 Å². The summed E-state index contributed by atoms with van der Waals surface area (Å²) in [4.78, 5) is 31.9. The number of imidazole rings is 1. The monoisotopic (exact) mass is 480 g/mol. The minimum atomic E-state index is -1.30. The third kappa shape index (κ3) is 5.26. The summed E-state index contributed by atoms with van der Waals surface area (Å²) in [5.74, 6) is -1.15. The van der Waals surface area contributed by atoms with Crippen molar-refractivity contribution >= 4 is 11.8 Å². The van der Waals surface area contributed by atoms with E-state index in [1.165, 1.54) is 17.3 Å². The number of hydrogen-bond acceptors (Lipinski definition) is 3. The van der Waals surface area contributed by atoms with Crippen LogP contribution in [0, 0.1) is 5.82 Å². The number of nitrogens with one attached hydrogen (secondary N) is 1. The molecule has 3 aromatic rings. The molecule has 4 atom stereocenters. The molecule has 0 spiro atoms. The number of aromatic nitrogens is 2. The van der Waals surface area contributed by atoms with E-state index < -0.39 is 30.2 Å². The Morgan fingerprint density at radius 2 is 1.83 bits per heavy atom. The Morgan fingerprint density at radius 1 is 1.09 bits per heavy atom. The Kier molecular flexibility index (Phi) is 7.28. The lowest BCUT2D eigenvalue weighted by atomic mass is 9.94. The molecule has 6 nitrogen and oxygen atoms in total. The molecule has 2 heterocycles. The average Bonchev–Trinajstić information content (AvgIpc) is 3.52. The van der Waals surface area contributed by atoms with Crippen molar-refractivity contribution in [3.63, 3.8) is 0 Å². The first kappa shape index (κ1) is 24.6. The second-order valence-electron chi connectivity index (χ2n) is 9.31. The largest absolute Gasteiger partial charge is 0.343 e. The van der Waals surface area contributed by atoms with E-state index in [-0.39, 0.29) is 30.6 Å². The van der Waals surface area contributed by atoms with Crippen molar-refractivity contribution in [2.24, 2.45) is 0 Å². The molecular formula is C27H30F2N4O2. The van der Waals surface area contributed by atoms with Crippen LogP contribution in [0.4, 0.5) is 8.78 Å². The highest BCUT2D eigenvalue weighted by molar-refractivity contribution is 5.90. The number of amides is 2. The molecule has 0 radical (unpaired) electrons. The minimum Gasteiger partial charge on any atom is -0.343 e. The number of carbonyl (C=O) groups is 2. The highest BCUT2D eigenvalue weighted by Crippen LogP contribution is 2.29. The fourth-order valence-corrected chi connectivity index (χ4v) is 4.58. The Labute approximate surface area is 204 Å². The summed E-state index contributed by atoms with van der Waals surface area (Å²) < 4.78 is 30.9. The van der Waals surface area contributed by atoms with Crippen LogP contribution in [0.15, 0.2) is 67.3 Å². The molecule has 0 bridgehead atoms. The molecule has 1 N–H and O–H groups in total. The summed E-state index contributed by atoms with van der Waals surface area (Å²) in [6, 6.07) is 11.9. The molecule has 1 unspecified atom stereocenters. The van der Waals surface area contributed by atoms with Gasteiger partial charge in [0.2, 0.25) is 11.8 Å². The number of alkyl halides is 1. The number of rotatable bonds is 7. The van der Waals surface area contributed by atoms with Crippen molar-refractivity contribution < 1.29 is 18.4 Å². The first-order chi connectivity index (χ1) is 16.8. The summed E-state index contributed by atoms with van der Waals surface area (Å²) >= 11 is 0. The highest BCUT2D eigenvalue weighted by Gasteiger charge is 2.42. The van der Waals surface area contributed by atoms with Gasteiger partial charge in [-0.25, -0.2) is 13.8 Å².